The minimum atomic E-state index is -0.529. The van der Waals surface area contributed by atoms with Crippen LogP contribution in [0.2, 0.25) is 0 Å². The molecule has 0 spiro atoms. The molecule has 0 fully saturated rings. The highest BCUT2D eigenvalue weighted by Gasteiger charge is 2.15. The maximum atomic E-state index is 11.3. The van der Waals surface area contributed by atoms with Crippen LogP contribution in [-0.4, -0.2) is 26.3 Å². The maximum Gasteiger partial charge on any atom is 0.238 e. The zero-order valence-electron chi connectivity index (χ0n) is 8.36. The van der Waals surface area contributed by atoms with Gasteiger partial charge in [0, 0.05) is 7.05 Å². The first-order valence-electron chi connectivity index (χ1n) is 4.31. The van der Waals surface area contributed by atoms with E-state index in [1.54, 1.807) is 24.9 Å². The molecule has 2 atom stereocenters. The van der Waals surface area contributed by atoms with E-state index in [-0.39, 0.29) is 11.9 Å². The highest BCUT2D eigenvalue weighted by atomic mass is 35.5. The number of hydrogen-bond donors (Lipinski definition) is 1. The molecule has 0 radical (unpaired) electrons. The van der Waals surface area contributed by atoms with E-state index in [4.69, 9.17) is 11.6 Å². The van der Waals surface area contributed by atoms with Gasteiger partial charge in [0.25, 0.3) is 0 Å². The largest absolute Gasteiger partial charge is 0.347 e. The molecule has 1 N–H and O–H groups in total. The van der Waals surface area contributed by atoms with Crippen molar-refractivity contribution in [2.24, 2.45) is 7.05 Å². The number of nitrogens with zero attached hydrogens (tertiary/aromatic N) is 3. The third-order valence-corrected chi connectivity index (χ3v) is 2.11. The number of halogens is 1. The Balaban J connectivity index is 2.64. The number of aromatic nitrogens is 3. The van der Waals surface area contributed by atoms with Gasteiger partial charge in [0.05, 0.1) is 17.9 Å². The lowest BCUT2D eigenvalue weighted by molar-refractivity contribution is -0.121. The molecule has 5 nitrogen and oxygen atoms in total. The van der Waals surface area contributed by atoms with Crippen molar-refractivity contribution in [3.63, 3.8) is 0 Å². The van der Waals surface area contributed by atoms with Gasteiger partial charge in [-0.1, -0.05) is 5.21 Å². The van der Waals surface area contributed by atoms with Crippen LogP contribution in [0.15, 0.2) is 6.20 Å². The number of carbonyl (C=O) groups excluding carboxylic acids is 1. The van der Waals surface area contributed by atoms with Gasteiger partial charge < -0.3 is 5.32 Å². The van der Waals surface area contributed by atoms with Crippen molar-refractivity contribution in [2.45, 2.75) is 25.3 Å². The lowest BCUT2D eigenvalue weighted by Gasteiger charge is -2.14. The first-order chi connectivity index (χ1) is 6.52. The summed E-state index contributed by atoms with van der Waals surface area (Å²) < 4.78 is 1.61. The van der Waals surface area contributed by atoms with Gasteiger partial charge in [-0.05, 0) is 13.8 Å². The van der Waals surface area contributed by atoms with Crippen LogP contribution in [0.3, 0.4) is 0 Å². The van der Waals surface area contributed by atoms with Gasteiger partial charge in [0.1, 0.15) is 5.38 Å². The molecule has 1 aromatic heterocycles. The standard InChI is InChI=1S/C8H13ClN4O/c1-5(9)8(14)11-6(2)7-4-10-12-13(7)3/h4-6H,1-3H3,(H,11,14)/t5?,6-/m1/s1. The average Bonchev–Trinajstić information content (AvgIpc) is 2.51. The Labute approximate surface area is 87.4 Å². The average molecular weight is 217 g/mol. The Hall–Kier alpha value is -1.10. The Bertz CT molecular complexity index is 323. The minimum Gasteiger partial charge on any atom is -0.347 e. The summed E-state index contributed by atoms with van der Waals surface area (Å²) in [5.41, 5.74) is 0.843. The molecule has 6 heteroatoms. The molecule has 0 saturated carbocycles. The number of rotatable bonds is 3. The van der Waals surface area contributed by atoms with Crippen molar-refractivity contribution < 1.29 is 4.79 Å². The molecule has 1 amide bonds. The number of alkyl halides is 1. The van der Waals surface area contributed by atoms with Crippen LogP contribution in [0, 0.1) is 0 Å². The van der Waals surface area contributed by atoms with Gasteiger partial charge in [-0.2, -0.15) is 0 Å². The van der Waals surface area contributed by atoms with Crippen LogP contribution in [0.5, 0.6) is 0 Å². The summed E-state index contributed by atoms with van der Waals surface area (Å²) >= 11 is 5.62. The van der Waals surface area contributed by atoms with Gasteiger partial charge in [-0.25, -0.2) is 0 Å². The summed E-state index contributed by atoms with van der Waals surface area (Å²) in [6.45, 7) is 3.49. The second-order valence-electron chi connectivity index (χ2n) is 3.13. The third-order valence-electron chi connectivity index (χ3n) is 1.91. The van der Waals surface area contributed by atoms with E-state index in [9.17, 15) is 4.79 Å². The Kier molecular flexibility index (Phi) is 3.46. The molecule has 1 heterocycles. The summed E-state index contributed by atoms with van der Waals surface area (Å²) in [5, 5.41) is 9.72. The van der Waals surface area contributed by atoms with Crippen LogP contribution in [0.1, 0.15) is 25.6 Å². The summed E-state index contributed by atoms with van der Waals surface area (Å²) in [5.74, 6) is -0.194. The van der Waals surface area contributed by atoms with Crippen LogP contribution in [0.4, 0.5) is 0 Å². The molecule has 0 saturated heterocycles. The molecule has 0 aliphatic rings. The van der Waals surface area contributed by atoms with Crippen molar-refractivity contribution in [3.05, 3.63) is 11.9 Å². The van der Waals surface area contributed by atoms with E-state index in [2.05, 4.69) is 15.6 Å². The van der Waals surface area contributed by atoms with E-state index in [0.717, 1.165) is 5.69 Å². The van der Waals surface area contributed by atoms with Crippen LogP contribution in [-0.2, 0) is 11.8 Å². The lowest BCUT2D eigenvalue weighted by atomic mass is 10.2. The zero-order valence-corrected chi connectivity index (χ0v) is 9.12. The first-order valence-corrected chi connectivity index (χ1v) is 4.75. The molecule has 1 unspecified atom stereocenters. The molecule has 0 bridgehead atoms. The summed E-state index contributed by atoms with van der Waals surface area (Å²) in [7, 11) is 1.77. The SMILES string of the molecule is CC(Cl)C(=O)N[C@H](C)c1cnnn1C. The summed E-state index contributed by atoms with van der Waals surface area (Å²) in [4.78, 5) is 11.3. The minimum absolute atomic E-state index is 0.135. The van der Waals surface area contributed by atoms with E-state index < -0.39 is 5.38 Å². The number of nitrogens with one attached hydrogen (secondary N) is 1. The van der Waals surface area contributed by atoms with Crippen molar-refractivity contribution in [1.29, 1.82) is 0 Å². The lowest BCUT2D eigenvalue weighted by Crippen LogP contribution is -2.32. The van der Waals surface area contributed by atoms with Crippen LogP contribution >= 0.6 is 11.6 Å². The molecule has 14 heavy (non-hydrogen) atoms. The van der Waals surface area contributed by atoms with Crippen LogP contribution in [0.25, 0.3) is 0 Å². The normalized spacial score (nSPS) is 14.9. The summed E-state index contributed by atoms with van der Waals surface area (Å²) in [6, 6.07) is -0.135. The van der Waals surface area contributed by atoms with Crippen molar-refractivity contribution in [3.8, 4) is 0 Å². The fourth-order valence-electron chi connectivity index (χ4n) is 1.09. The zero-order chi connectivity index (χ0) is 10.7. The number of aryl methyl sites for hydroxylation is 1. The number of amides is 1. The fraction of sp³-hybridized carbons (Fsp3) is 0.625. The first kappa shape index (κ1) is 11.0. The second-order valence-corrected chi connectivity index (χ2v) is 3.78. The van der Waals surface area contributed by atoms with Gasteiger partial charge in [0.2, 0.25) is 5.91 Å². The van der Waals surface area contributed by atoms with Gasteiger partial charge in [-0.15, -0.1) is 16.7 Å². The highest BCUT2D eigenvalue weighted by molar-refractivity contribution is 6.30. The molecule has 0 aromatic carbocycles. The number of hydrogen-bond acceptors (Lipinski definition) is 3. The molecule has 78 valence electrons. The molecule has 0 aliphatic carbocycles. The fourth-order valence-corrected chi connectivity index (χ4v) is 1.15. The Morgan fingerprint density at radius 3 is 2.71 bits per heavy atom. The maximum absolute atomic E-state index is 11.3. The third kappa shape index (κ3) is 2.45. The van der Waals surface area contributed by atoms with Crippen molar-refractivity contribution in [1.82, 2.24) is 20.3 Å². The number of carbonyl (C=O) groups is 1. The van der Waals surface area contributed by atoms with E-state index in [0.29, 0.717) is 0 Å². The molecular formula is C8H13ClN4O. The van der Waals surface area contributed by atoms with Crippen LogP contribution < -0.4 is 5.32 Å². The van der Waals surface area contributed by atoms with E-state index in [1.807, 2.05) is 6.92 Å². The van der Waals surface area contributed by atoms with Crippen molar-refractivity contribution in [2.75, 3.05) is 0 Å². The smallest absolute Gasteiger partial charge is 0.238 e. The quantitative estimate of drug-likeness (QED) is 0.754. The Morgan fingerprint density at radius 2 is 2.29 bits per heavy atom. The monoisotopic (exact) mass is 216 g/mol. The summed E-state index contributed by atoms with van der Waals surface area (Å²) in [6.07, 6.45) is 1.61. The van der Waals surface area contributed by atoms with Gasteiger partial charge in [-0.3, -0.25) is 9.48 Å². The van der Waals surface area contributed by atoms with E-state index in [1.165, 1.54) is 0 Å². The molecule has 1 aromatic rings. The predicted octanol–water partition coefficient (Wildman–Crippen LogP) is 0.620. The highest BCUT2D eigenvalue weighted by Crippen LogP contribution is 2.09. The van der Waals surface area contributed by atoms with E-state index >= 15 is 0 Å². The van der Waals surface area contributed by atoms with Gasteiger partial charge >= 0.3 is 0 Å². The molecular weight excluding hydrogens is 204 g/mol. The second kappa shape index (κ2) is 4.41. The molecule has 1 rings (SSSR count). The Morgan fingerprint density at radius 1 is 1.64 bits per heavy atom. The molecule has 0 aliphatic heterocycles. The van der Waals surface area contributed by atoms with Gasteiger partial charge in [0.15, 0.2) is 0 Å². The predicted molar refractivity (Wildman–Crippen MR) is 52.9 cm³/mol. The van der Waals surface area contributed by atoms with Crippen molar-refractivity contribution >= 4 is 17.5 Å². The topological polar surface area (TPSA) is 59.8 Å².